The van der Waals surface area contributed by atoms with Crippen molar-refractivity contribution in [1.82, 2.24) is 9.55 Å². The minimum absolute atomic E-state index is 0.154. The number of benzene rings is 2. The maximum absolute atomic E-state index is 6.41. The van der Waals surface area contributed by atoms with Crippen LogP contribution in [0.15, 0.2) is 42.5 Å². The molecule has 0 spiro atoms. The molecule has 1 heterocycles. The molecule has 2 atom stereocenters. The zero-order chi connectivity index (χ0) is 18.1. The molecule has 1 aliphatic rings. The molecule has 0 amide bonds. The Bertz CT molecular complexity index is 901. The number of halogens is 2. The van der Waals surface area contributed by atoms with Crippen LogP contribution in [0.25, 0.3) is 11.0 Å². The number of aromatic nitrogens is 2. The van der Waals surface area contributed by atoms with E-state index in [2.05, 4.69) is 16.0 Å². The highest BCUT2D eigenvalue weighted by Gasteiger charge is 2.24. The molecule has 4 rings (SSSR count). The van der Waals surface area contributed by atoms with E-state index in [1.54, 1.807) is 0 Å². The van der Waals surface area contributed by atoms with Crippen LogP contribution in [0.2, 0.25) is 10.0 Å². The molecular weight excluding hydrogens is 367 g/mol. The molecule has 136 valence electrons. The van der Waals surface area contributed by atoms with Crippen LogP contribution in [0.4, 0.5) is 5.95 Å². The number of para-hydroxylation sites is 2. The van der Waals surface area contributed by atoms with Gasteiger partial charge in [0.15, 0.2) is 0 Å². The van der Waals surface area contributed by atoms with Gasteiger partial charge in [-0.05, 0) is 37.1 Å². The molecule has 0 radical (unpaired) electrons. The molecule has 1 saturated carbocycles. The van der Waals surface area contributed by atoms with E-state index in [-0.39, 0.29) is 12.1 Å². The molecule has 0 saturated heterocycles. The second-order valence-corrected chi connectivity index (χ2v) is 7.72. The van der Waals surface area contributed by atoms with E-state index in [9.17, 15) is 0 Å². The summed E-state index contributed by atoms with van der Waals surface area (Å²) in [5, 5.41) is 4.91. The molecule has 3 aromatic rings. The predicted molar refractivity (Wildman–Crippen MR) is 109 cm³/mol. The summed E-state index contributed by atoms with van der Waals surface area (Å²) in [5.74, 6) is 0.824. The average molecular weight is 389 g/mol. The summed E-state index contributed by atoms with van der Waals surface area (Å²) >= 11 is 12.8. The first-order chi connectivity index (χ1) is 12.6. The summed E-state index contributed by atoms with van der Waals surface area (Å²) in [5.41, 5.74) is 9.23. The highest BCUT2D eigenvalue weighted by molar-refractivity contribution is 6.36. The number of anilines is 1. The molecule has 1 aliphatic carbocycles. The Morgan fingerprint density at radius 1 is 1.04 bits per heavy atom. The van der Waals surface area contributed by atoms with Crippen LogP contribution < -0.4 is 11.1 Å². The lowest BCUT2D eigenvalue weighted by molar-refractivity contribution is 0.401. The highest BCUT2D eigenvalue weighted by Crippen LogP contribution is 2.30. The number of hydrogen-bond donors (Lipinski definition) is 2. The van der Waals surface area contributed by atoms with Gasteiger partial charge in [-0.15, -0.1) is 0 Å². The second kappa shape index (κ2) is 7.47. The third-order valence-corrected chi connectivity index (χ3v) is 5.87. The Labute approximate surface area is 163 Å². The van der Waals surface area contributed by atoms with Crippen LogP contribution >= 0.6 is 23.2 Å². The Hall–Kier alpha value is -1.75. The van der Waals surface area contributed by atoms with Crippen molar-refractivity contribution < 1.29 is 0 Å². The van der Waals surface area contributed by atoms with Crippen LogP contribution in [0.3, 0.4) is 0 Å². The van der Waals surface area contributed by atoms with Crippen LogP contribution in [0.5, 0.6) is 0 Å². The van der Waals surface area contributed by atoms with Crippen molar-refractivity contribution in [3.05, 3.63) is 58.1 Å². The van der Waals surface area contributed by atoms with Gasteiger partial charge < -0.3 is 15.6 Å². The first kappa shape index (κ1) is 17.7. The first-order valence-electron chi connectivity index (χ1n) is 9.04. The molecule has 0 aliphatic heterocycles. The lowest BCUT2D eigenvalue weighted by Crippen LogP contribution is -2.43. The minimum Gasteiger partial charge on any atom is -0.351 e. The van der Waals surface area contributed by atoms with Gasteiger partial charge in [-0.1, -0.05) is 54.2 Å². The third kappa shape index (κ3) is 3.41. The molecule has 0 unspecified atom stereocenters. The number of imidazole rings is 1. The number of nitrogens with zero attached hydrogens (tertiary/aromatic N) is 2. The Balaban J connectivity index is 1.74. The molecule has 2 aromatic carbocycles. The van der Waals surface area contributed by atoms with E-state index in [1.807, 2.05) is 36.4 Å². The molecular formula is C20H22Cl2N4. The molecule has 1 fully saturated rings. The fourth-order valence-corrected chi connectivity index (χ4v) is 4.21. The quantitative estimate of drug-likeness (QED) is 0.655. The summed E-state index contributed by atoms with van der Waals surface area (Å²) in [4.78, 5) is 4.81. The molecule has 6 heteroatoms. The van der Waals surface area contributed by atoms with Crippen molar-refractivity contribution >= 4 is 40.2 Å². The van der Waals surface area contributed by atoms with Crippen LogP contribution in [-0.4, -0.2) is 21.6 Å². The van der Waals surface area contributed by atoms with Crippen LogP contribution in [0.1, 0.15) is 31.2 Å². The normalized spacial score (nSPS) is 20.4. The number of nitrogens with two attached hydrogens (primary N) is 1. The monoisotopic (exact) mass is 388 g/mol. The summed E-state index contributed by atoms with van der Waals surface area (Å²) in [6.07, 6.45) is 4.51. The number of rotatable bonds is 4. The Morgan fingerprint density at radius 3 is 2.54 bits per heavy atom. The van der Waals surface area contributed by atoms with E-state index in [4.69, 9.17) is 33.9 Å². The molecule has 4 nitrogen and oxygen atoms in total. The topological polar surface area (TPSA) is 55.9 Å². The molecule has 1 aromatic heterocycles. The fourth-order valence-electron chi connectivity index (χ4n) is 3.69. The maximum Gasteiger partial charge on any atom is 0.204 e. The van der Waals surface area contributed by atoms with E-state index >= 15 is 0 Å². The average Bonchev–Trinajstić information content (AvgIpc) is 2.97. The van der Waals surface area contributed by atoms with Gasteiger partial charge in [0, 0.05) is 27.7 Å². The van der Waals surface area contributed by atoms with E-state index in [1.165, 1.54) is 12.8 Å². The van der Waals surface area contributed by atoms with E-state index in [0.29, 0.717) is 16.6 Å². The summed E-state index contributed by atoms with van der Waals surface area (Å²) in [7, 11) is 0. The van der Waals surface area contributed by atoms with Gasteiger partial charge >= 0.3 is 0 Å². The van der Waals surface area contributed by atoms with Crippen LogP contribution in [-0.2, 0) is 6.54 Å². The van der Waals surface area contributed by atoms with Crippen molar-refractivity contribution in [3.8, 4) is 0 Å². The zero-order valence-corrected chi connectivity index (χ0v) is 16.0. The van der Waals surface area contributed by atoms with Crippen LogP contribution in [0, 0.1) is 0 Å². The molecule has 26 heavy (non-hydrogen) atoms. The van der Waals surface area contributed by atoms with Crippen molar-refractivity contribution in [1.29, 1.82) is 0 Å². The molecule has 0 bridgehead atoms. The van der Waals surface area contributed by atoms with Gasteiger partial charge in [0.1, 0.15) is 0 Å². The zero-order valence-electron chi connectivity index (χ0n) is 14.5. The van der Waals surface area contributed by atoms with Crippen molar-refractivity contribution in [3.63, 3.8) is 0 Å². The third-order valence-electron chi connectivity index (χ3n) is 5.17. The summed E-state index contributed by atoms with van der Waals surface area (Å²) in [6.45, 7) is 0.559. The van der Waals surface area contributed by atoms with E-state index in [0.717, 1.165) is 35.4 Å². The van der Waals surface area contributed by atoms with Crippen molar-refractivity contribution in [2.45, 2.75) is 44.3 Å². The smallest absolute Gasteiger partial charge is 0.204 e. The largest absolute Gasteiger partial charge is 0.351 e. The van der Waals surface area contributed by atoms with E-state index < -0.39 is 0 Å². The van der Waals surface area contributed by atoms with Gasteiger partial charge in [-0.25, -0.2) is 4.98 Å². The van der Waals surface area contributed by atoms with Gasteiger partial charge in [0.2, 0.25) is 5.95 Å². The van der Waals surface area contributed by atoms with Gasteiger partial charge in [-0.2, -0.15) is 0 Å². The van der Waals surface area contributed by atoms with Gasteiger partial charge in [-0.3, -0.25) is 0 Å². The summed E-state index contributed by atoms with van der Waals surface area (Å²) in [6, 6.07) is 14.1. The summed E-state index contributed by atoms with van der Waals surface area (Å²) < 4.78 is 2.14. The minimum atomic E-state index is 0.154. The lowest BCUT2D eigenvalue weighted by Gasteiger charge is -2.30. The highest BCUT2D eigenvalue weighted by atomic mass is 35.5. The second-order valence-electron chi connectivity index (χ2n) is 6.91. The molecule has 3 N–H and O–H groups in total. The van der Waals surface area contributed by atoms with Gasteiger partial charge in [0.25, 0.3) is 0 Å². The Morgan fingerprint density at radius 2 is 1.77 bits per heavy atom. The SMILES string of the molecule is N[C@H]1CCCC[C@H]1Nc1nc2ccccc2n1Cc1c(Cl)cccc1Cl. The Kier molecular flexibility index (Phi) is 5.07. The number of hydrogen-bond acceptors (Lipinski definition) is 3. The first-order valence-corrected chi connectivity index (χ1v) is 9.79. The van der Waals surface area contributed by atoms with Gasteiger partial charge in [0.05, 0.1) is 17.6 Å². The number of fused-ring (bicyclic) bond motifs is 1. The maximum atomic E-state index is 6.41. The lowest BCUT2D eigenvalue weighted by atomic mass is 9.91. The van der Waals surface area contributed by atoms with Crippen molar-refractivity contribution in [2.75, 3.05) is 5.32 Å². The van der Waals surface area contributed by atoms with Crippen molar-refractivity contribution in [2.24, 2.45) is 5.73 Å². The predicted octanol–water partition coefficient (Wildman–Crippen LogP) is 5.07. The standard InChI is InChI=1S/C20H22Cl2N4/c21-14-6-5-7-15(22)13(14)12-26-19-11-4-3-10-18(19)25-20(26)24-17-9-2-1-8-16(17)23/h3-7,10-11,16-17H,1-2,8-9,12,23H2,(H,24,25)/t16-,17+/m0/s1. The fraction of sp³-hybridized carbons (Fsp3) is 0.350. The number of nitrogens with one attached hydrogen (secondary N) is 1.